The van der Waals surface area contributed by atoms with Gasteiger partial charge >= 0.3 is 0 Å². The molecule has 0 aromatic carbocycles. The van der Waals surface area contributed by atoms with Crippen molar-refractivity contribution in [2.24, 2.45) is 5.92 Å². The van der Waals surface area contributed by atoms with Gasteiger partial charge in [-0.3, -0.25) is 0 Å². The SMILES string of the molecule is C#CCNC1CC(C)N(C)CC1C. The minimum atomic E-state index is 0.599. The summed E-state index contributed by atoms with van der Waals surface area (Å²) in [4.78, 5) is 2.42. The van der Waals surface area contributed by atoms with Gasteiger partial charge in [-0.25, -0.2) is 0 Å². The number of nitrogens with one attached hydrogen (secondary N) is 1. The van der Waals surface area contributed by atoms with Crippen molar-refractivity contribution >= 4 is 0 Å². The minimum absolute atomic E-state index is 0.599. The highest BCUT2D eigenvalue weighted by Crippen LogP contribution is 2.20. The second-order valence-corrected chi connectivity index (χ2v) is 4.19. The summed E-state index contributed by atoms with van der Waals surface area (Å²) < 4.78 is 0. The highest BCUT2D eigenvalue weighted by atomic mass is 15.1. The van der Waals surface area contributed by atoms with Crippen molar-refractivity contribution < 1.29 is 0 Å². The first-order chi connectivity index (χ1) is 6.15. The third-order valence-corrected chi connectivity index (χ3v) is 3.08. The fourth-order valence-corrected chi connectivity index (χ4v) is 2.02. The molecule has 13 heavy (non-hydrogen) atoms. The van der Waals surface area contributed by atoms with E-state index in [0.29, 0.717) is 24.5 Å². The zero-order valence-electron chi connectivity index (χ0n) is 8.88. The van der Waals surface area contributed by atoms with E-state index in [1.54, 1.807) is 0 Å². The Bertz CT molecular complexity index is 195. The Morgan fingerprint density at radius 3 is 2.85 bits per heavy atom. The van der Waals surface area contributed by atoms with Crippen LogP contribution in [0.1, 0.15) is 20.3 Å². The average molecular weight is 180 g/mol. The number of hydrogen-bond donors (Lipinski definition) is 1. The van der Waals surface area contributed by atoms with Crippen LogP contribution in [-0.4, -0.2) is 37.1 Å². The molecule has 0 radical (unpaired) electrons. The highest BCUT2D eigenvalue weighted by molar-refractivity contribution is 4.92. The van der Waals surface area contributed by atoms with Crippen LogP contribution in [0.15, 0.2) is 0 Å². The number of likely N-dealkylation sites (tertiary alicyclic amines) is 1. The molecule has 3 unspecified atom stereocenters. The topological polar surface area (TPSA) is 15.3 Å². The lowest BCUT2D eigenvalue weighted by Gasteiger charge is -2.39. The van der Waals surface area contributed by atoms with Gasteiger partial charge in [0.25, 0.3) is 0 Å². The van der Waals surface area contributed by atoms with Crippen LogP contribution in [0.5, 0.6) is 0 Å². The minimum Gasteiger partial charge on any atom is -0.303 e. The molecule has 0 amide bonds. The maximum Gasteiger partial charge on any atom is 0.0576 e. The zero-order valence-corrected chi connectivity index (χ0v) is 8.88. The van der Waals surface area contributed by atoms with Gasteiger partial charge in [0.05, 0.1) is 6.54 Å². The lowest BCUT2D eigenvalue weighted by Crippen LogP contribution is -2.50. The van der Waals surface area contributed by atoms with Crippen LogP contribution in [0.2, 0.25) is 0 Å². The number of rotatable bonds is 2. The van der Waals surface area contributed by atoms with Gasteiger partial charge in [0.15, 0.2) is 0 Å². The van der Waals surface area contributed by atoms with E-state index in [4.69, 9.17) is 6.42 Å². The van der Waals surface area contributed by atoms with Crippen LogP contribution in [0.25, 0.3) is 0 Å². The third-order valence-electron chi connectivity index (χ3n) is 3.08. The summed E-state index contributed by atoms with van der Waals surface area (Å²) in [7, 11) is 2.19. The van der Waals surface area contributed by atoms with Gasteiger partial charge in [-0.1, -0.05) is 12.8 Å². The van der Waals surface area contributed by atoms with E-state index >= 15 is 0 Å². The van der Waals surface area contributed by atoms with Crippen LogP contribution in [0, 0.1) is 18.3 Å². The van der Waals surface area contributed by atoms with Crippen molar-refractivity contribution in [3.05, 3.63) is 0 Å². The summed E-state index contributed by atoms with van der Waals surface area (Å²) in [6.45, 7) is 6.43. The summed E-state index contributed by atoms with van der Waals surface area (Å²) in [5.41, 5.74) is 0. The van der Waals surface area contributed by atoms with E-state index in [0.717, 1.165) is 0 Å². The second-order valence-electron chi connectivity index (χ2n) is 4.19. The van der Waals surface area contributed by atoms with Gasteiger partial charge in [-0.2, -0.15) is 0 Å². The molecule has 1 fully saturated rings. The summed E-state index contributed by atoms with van der Waals surface area (Å²) in [5, 5.41) is 3.41. The molecule has 1 N–H and O–H groups in total. The van der Waals surface area contributed by atoms with Gasteiger partial charge in [0.2, 0.25) is 0 Å². The van der Waals surface area contributed by atoms with Crippen LogP contribution >= 0.6 is 0 Å². The van der Waals surface area contributed by atoms with Crippen molar-refractivity contribution in [3.63, 3.8) is 0 Å². The predicted molar refractivity (Wildman–Crippen MR) is 56.5 cm³/mol. The average Bonchev–Trinajstić information content (AvgIpc) is 2.09. The van der Waals surface area contributed by atoms with E-state index in [1.165, 1.54) is 13.0 Å². The molecule has 0 aliphatic carbocycles. The number of terminal acetylenes is 1. The summed E-state index contributed by atoms with van der Waals surface area (Å²) in [5.74, 6) is 3.34. The van der Waals surface area contributed by atoms with E-state index in [-0.39, 0.29) is 0 Å². The van der Waals surface area contributed by atoms with Gasteiger partial charge in [0.1, 0.15) is 0 Å². The third kappa shape index (κ3) is 2.72. The Kier molecular flexibility index (Phi) is 3.77. The van der Waals surface area contributed by atoms with Crippen LogP contribution in [0.4, 0.5) is 0 Å². The molecular formula is C11H20N2. The standard InChI is InChI=1S/C11H20N2/c1-5-6-12-11-7-10(3)13(4)8-9(11)2/h1,9-12H,6-8H2,2-4H3. The van der Waals surface area contributed by atoms with Gasteiger partial charge in [-0.15, -0.1) is 6.42 Å². The van der Waals surface area contributed by atoms with E-state index in [1.807, 2.05) is 0 Å². The van der Waals surface area contributed by atoms with Crippen molar-refractivity contribution in [3.8, 4) is 12.3 Å². The second kappa shape index (κ2) is 4.64. The van der Waals surface area contributed by atoms with Crippen molar-refractivity contribution in [2.75, 3.05) is 20.1 Å². The maximum absolute atomic E-state index is 5.23. The Morgan fingerprint density at radius 2 is 2.23 bits per heavy atom. The van der Waals surface area contributed by atoms with E-state index < -0.39 is 0 Å². The molecule has 74 valence electrons. The lowest BCUT2D eigenvalue weighted by atomic mass is 9.90. The number of piperidine rings is 1. The summed E-state index contributed by atoms with van der Waals surface area (Å²) in [6, 6.07) is 1.27. The molecular weight excluding hydrogens is 160 g/mol. The highest BCUT2D eigenvalue weighted by Gasteiger charge is 2.27. The molecule has 0 bridgehead atoms. The van der Waals surface area contributed by atoms with E-state index in [2.05, 4.69) is 37.0 Å². The Balaban J connectivity index is 2.42. The largest absolute Gasteiger partial charge is 0.303 e. The van der Waals surface area contributed by atoms with E-state index in [9.17, 15) is 0 Å². The lowest BCUT2D eigenvalue weighted by molar-refractivity contribution is 0.124. The smallest absolute Gasteiger partial charge is 0.0576 e. The molecule has 0 aromatic heterocycles. The Labute approximate surface area is 81.7 Å². The molecule has 2 nitrogen and oxygen atoms in total. The molecule has 3 atom stereocenters. The quantitative estimate of drug-likeness (QED) is 0.636. The fourth-order valence-electron chi connectivity index (χ4n) is 2.02. The molecule has 0 aromatic rings. The predicted octanol–water partition coefficient (Wildman–Crippen LogP) is 0.938. The molecule has 0 saturated carbocycles. The summed E-state index contributed by atoms with van der Waals surface area (Å²) >= 11 is 0. The monoisotopic (exact) mass is 180 g/mol. The first-order valence-corrected chi connectivity index (χ1v) is 5.02. The van der Waals surface area contributed by atoms with Gasteiger partial charge in [-0.05, 0) is 26.3 Å². The Hall–Kier alpha value is -0.520. The molecule has 1 aliphatic heterocycles. The van der Waals surface area contributed by atoms with Crippen LogP contribution in [0.3, 0.4) is 0 Å². The first kappa shape index (κ1) is 10.6. The molecule has 2 heteroatoms. The fraction of sp³-hybridized carbons (Fsp3) is 0.818. The molecule has 1 heterocycles. The number of hydrogen-bond acceptors (Lipinski definition) is 2. The maximum atomic E-state index is 5.23. The van der Waals surface area contributed by atoms with Crippen LogP contribution < -0.4 is 5.32 Å². The molecule has 1 saturated heterocycles. The van der Waals surface area contributed by atoms with Gasteiger partial charge in [0, 0.05) is 18.6 Å². The van der Waals surface area contributed by atoms with Crippen molar-refractivity contribution in [1.82, 2.24) is 10.2 Å². The molecule has 0 spiro atoms. The first-order valence-electron chi connectivity index (χ1n) is 5.02. The van der Waals surface area contributed by atoms with Crippen LogP contribution in [-0.2, 0) is 0 Å². The molecule has 1 rings (SSSR count). The molecule has 1 aliphatic rings. The Morgan fingerprint density at radius 1 is 1.54 bits per heavy atom. The van der Waals surface area contributed by atoms with Gasteiger partial charge < -0.3 is 10.2 Å². The normalized spacial score (nSPS) is 35.7. The number of nitrogens with zero attached hydrogens (tertiary/aromatic N) is 1. The zero-order chi connectivity index (χ0) is 9.84. The van der Waals surface area contributed by atoms with Crippen molar-refractivity contribution in [2.45, 2.75) is 32.4 Å². The summed E-state index contributed by atoms with van der Waals surface area (Å²) in [6.07, 6.45) is 6.44. The van der Waals surface area contributed by atoms with Crippen molar-refractivity contribution in [1.29, 1.82) is 0 Å².